The van der Waals surface area contributed by atoms with Crippen LogP contribution in [0.1, 0.15) is 28.7 Å². The zero-order chi connectivity index (χ0) is 15.3. The molecule has 1 aliphatic rings. The van der Waals surface area contributed by atoms with Gasteiger partial charge in [-0.05, 0) is 58.8 Å². The largest absolute Gasteiger partial charge is 0.293 e. The Labute approximate surface area is 144 Å². The molecule has 1 aliphatic carbocycles. The zero-order valence-electron chi connectivity index (χ0n) is 12.1. The molecule has 3 aromatic rings. The van der Waals surface area contributed by atoms with Crippen molar-refractivity contribution in [2.75, 3.05) is 0 Å². The highest BCUT2D eigenvalue weighted by molar-refractivity contribution is 9.11. The molecule has 0 saturated carbocycles. The smallest absolute Gasteiger partial charge is 0.262 e. The number of thiophene rings is 2. The molecule has 0 radical (unpaired) electrons. The van der Waals surface area contributed by atoms with Gasteiger partial charge in [0.15, 0.2) is 0 Å². The number of aromatic nitrogens is 2. The molecule has 0 bridgehead atoms. The van der Waals surface area contributed by atoms with Crippen molar-refractivity contribution in [2.24, 2.45) is 5.92 Å². The second-order valence-electron chi connectivity index (χ2n) is 5.92. The SMILES string of the molecule is CC1CCc2c(sc3ncn(Cc4ccc(Br)s4)c(=O)c23)C1. The number of hydrogen-bond donors (Lipinski definition) is 0. The molecule has 0 aromatic carbocycles. The van der Waals surface area contributed by atoms with Gasteiger partial charge in [0.1, 0.15) is 4.83 Å². The maximum absolute atomic E-state index is 12.9. The number of hydrogen-bond acceptors (Lipinski definition) is 4. The van der Waals surface area contributed by atoms with E-state index in [1.807, 2.05) is 6.07 Å². The van der Waals surface area contributed by atoms with Crippen molar-refractivity contribution in [1.82, 2.24) is 9.55 Å². The zero-order valence-corrected chi connectivity index (χ0v) is 15.4. The Bertz CT molecular complexity index is 909. The summed E-state index contributed by atoms with van der Waals surface area (Å²) in [5, 5.41) is 0.866. The fourth-order valence-corrected chi connectivity index (χ4v) is 5.91. The van der Waals surface area contributed by atoms with Crippen LogP contribution in [-0.4, -0.2) is 9.55 Å². The molecule has 4 rings (SSSR count). The molecule has 0 aliphatic heterocycles. The monoisotopic (exact) mass is 394 g/mol. The van der Waals surface area contributed by atoms with Gasteiger partial charge in [0.25, 0.3) is 5.56 Å². The fourth-order valence-electron chi connectivity index (χ4n) is 3.08. The first-order chi connectivity index (χ1) is 10.6. The minimum atomic E-state index is 0.113. The lowest BCUT2D eigenvalue weighted by atomic mass is 9.89. The van der Waals surface area contributed by atoms with E-state index in [4.69, 9.17) is 0 Å². The first kappa shape index (κ1) is 14.6. The average Bonchev–Trinajstić information content (AvgIpc) is 3.05. The predicted octanol–water partition coefficient (Wildman–Crippen LogP) is 4.46. The normalized spacial score (nSPS) is 17.8. The number of halogens is 1. The van der Waals surface area contributed by atoms with Gasteiger partial charge < -0.3 is 0 Å². The van der Waals surface area contributed by atoms with Gasteiger partial charge in [0.2, 0.25) is 0 Å². The third-order valence-electron chi connectivity index (χ3n) is 4.24. The summed E-state index contributed by atoms with van der Waals surface area (Å²) in [5.41, 5.74) is 1.37. The van der Waals surface area contributed by atoms with Gasteiger partial charge in [-0.25, -0.2) is 4.98 Å². The van der Waals surface area contributed by atoms with Gasteiger partial charge in [0.05, 0.1) is 22.0 Å². The predicted molar refractivity (Wildman–Crippen MR) is 96.2 cm³/mol. The Hall–Kier alpha value is -0.980. The van der Waals surface area contributed by atoms with E-state index in [9.17, 15) is 4.79 Å². The summed E-state index contributed by atoms with van der Waals surface area (Å²) in [6, 6.07) is 4.07. The van der Waals surface area contributed by atoms with Crippen molar-refractivity contribution in [1.29, 1.82) is 0 Å². The van der Waals surface area contributed by atoms with Gasteiger partial charge in [-0.15, -0.1) is 22.7 Å². The maximum atomic E-state index is 12.9. The van der Waals surface area contributed by atoms with Crippen LogP contribution in [0.3, 0.4) is 0 Å². The number of rotatable bonds is 2. The second-order valence-corrected chi connectivity index (χ2v) is 9.55. The maximum Gasteiger partial charge on any atom is 0.262 e. The van der Waals surface area contributed by atoms with Crippen molar-refractivity contribution in [3.05, 3.63) is 47.9 Å². The van der Waals surface area contributed by atoms with E-state index in [1.165, 1.54) is 16.9 Å². The minimum Gasteiger partial charge on any atom is -0.293 e. The van der Waals surface area contributed by atoms with E-state index < -0.39 is 0 Å². The lowest BCUT2D eigenvalue weighted by Crippen LogP contribution is -2.21. The third-order valence-corrected chi connectivity index (χ3v) is 7.01. The van der Waals surface area contributed by atoms with Crippen LogP contribution in [0.5, 0.6) is 0 Å². The van der Waals surface area contributed by atoms with Crippen LogP contribution in [0.15, 0.2) is 27.0 Å². The molecule has 0 saturated heterocycles. The van der Waals surface area contributed by atoms with Crippen molar-refractivity contribution in [2.45, 2.75) is 32.7 Å². The summed E-state index contributed by atoms with van der Waals surface area (Å²) in [6.45, 7) is 2.88. The molecule has 0 spiro atoms. The van der Waals surface area contributed by atoms with E-state index in [2.05, 4.69) is 33.9 Å². The van der Waals surface area contributed by atoms with Crippen LogP contribution in [-0.2, 0) is 19.4 Å². The highest BCUT2D eigenvalue weighted by Gasteiger charge is 2.23. The summed E-state index contributed by atoms with van der Waals surface area (Å²) in [6.07, 6.45) is 4.98. The van der Waals surface area contributed by atoms with Crippen LogP contribution >= 0.6 is 38.6 Å². The Morgan fingerprint density at radius 1 is 1.41 bits per heavy atom. The van der Waals surface area contributed by atoms with E-state index >= 15 is 0 Å². The van der Waals surface area contributed by atoms with Crippen LogP contribution in [0.4, 0.5) is 0 Å². The Balaban J connectivity index is 1.81. The average molecular weight is 395 g/mol. The van der Waals surface area contributed by atoms with Crippen molar-refractivity contribution in [3.8, 4) is 0 Å². The summed E-state index contributed by atoms with van der Waals surface area (Å²) in [4.78, 5) is 20.9. The summed E-state index contributed by atoms with van der Waals surface area (Å²) in [7, 11) is 0. The third kappa shape index (κ3) is 2.47. The molecule has 0 amide bonds. The summed E-state index contributed by atoms with van der Waals surface area (Å²) < 4.78 is 2.83. The van der Waals surface area contributed by atoms with E-state index in [0.717, 1.165) is 31.7 Å². The molecule has 3 aromatic heterocycles. The van der Waals surface area contributed by atoms with Gasteiger partial charge in [-0.1, -0.05) is 6.92 Å². The van der Waals surface area contributed by atoms with Gasteiger partial charge in [-0.3, -0.25) is 9.36 Å². The van der Waals surface area contributed by atoms with Crippen molar-refractivity contribution >= 4 is 48.8 Å². The summed E-state index contributed by atoms with van der Waals surface area (Å²) in [5.74, 6) is 0.714. The molecule has 3 nitrogen and oxygen atoms in total. The standard InChI is InChI=1S/C16H15BrN2OS2/c1-9-2-4-11-12(6-9)22-15-14(11)16(20)19(8-18-15)7-10-3-5-13(17)21-10/h3,5,8-9H,2,4,6-7H2,1H3. The quantitative estimate of drug-likeness (QED) is 0.643. The molecule has 0 fully saturated rings. The Morgan fingerprint density at radius 3 is 3.05 bits per heavy atom. The van der Waals surface area contributed by atoms with E-state index in [0.29, 0.717) is 12.5 Å². The molecule has 114 valence electrons. The molecule has 1 unspecified atom stereocenters. The van der Waals surface area contributed by atoms with Gasteiger partial charge >= 0.3 is 0 Å². The van der Waals surface area contributed by atoms with Crippen LogP contribution in [0, 0.1) is 5.92 Å². The molecule has 0 N–H and O–H groups in total. The topological polar surface area (TPSA) is 34.9 Å². The molecule has 3 heterocycles. The Kier molecular flexibility index (Phi) is 3.71. The molecule has 22 heavy (non-hydrogen) atoms. The lowest BCUT2D eigenvalue weighted by molar-refractivity contribution is 0.509. The highest BCUT2D eigenvalue weighted by atomic mass is 79.9. The highest BCUT2D eigenvalue weighted by Crippen LogP contribution is 2.35. The molecular weight excluding hydrogens is 380 g/mol. The fraction of sp³-hybridized carbons (Fsp3) is 0.375. The molecular formula is C16H15BrN2OS2. The first-order valence-corrected chi connectivity index (χ1v) is 9.78. The second kappa shape index (κ2) is 5.58. The van der Waals surface area contributed by atoms with Crippen LogP contribution in [0.2, 0.25) is 0 Å². The molecule has 1 atom stereocenters. The number of nitrogens with zero attached hydrogens (tertiary/aromatic N) is 2. The number of fused-ring (bicyclic) bond motifs is 3. The van der Waals surface area contributed by atoms with E-state index in [1.54, 1.807) is 33.6 Å². The summed E-state index contributed by atoms with van der Waals surface area (Å²) >= 11 is 6.84. The Morgan fingerprint density at radius 2 is 2.27 bits per heavy atom. The van der Waals surface area contributed by atoms with Crippen molar-refractivity contribution < 1.29 is 0 Å². The van der Waals surface area contributed by atoms with Crippen LogP contribution in [0.25, 0.3) is 10.2 Å². The lowest BCUT2D eigenvalue weighted by Gasteiger charge is -2.17. The van der Waals surface area contributed by atoms with Gasteiger partial charge in [0, 0.05) is 9.75 Å². The van der Waals surface area contributed by atoms with E-state index in [-0.39, 0.29) is 5.56 Å². The number of aryl methyl sites for hydroxylation is 1. The van der Waals surface area contributed by atoms with Gasteiger partial charge in [-0.2, -0.15) is 0 Å². The minimum absolute atomic E-state index is 0.113. The molecule has 6 heteroatoms. The van der Waals surface area contributed by atoms with Crippen LogP contribution < -0.4 is 5.56 Å². The first-order valence-electron chi connectivity index (χ1n) is 7.35. The van der Waals surface area contributed by atoms with Crippen molar-refractivity contribution in [3.63, 3.8) is 0 Å².